The van der Waals surface area contributed by atoms with E-state index in [9.17, 15) is 17.8 Å². The van der Waals surface area contributed by atoms with E-state index in [1.165, 1.54) is 14.7 Å². The second-order valence-corrected chi connectivity index (χ2v) is 15.8. The first kappa shape index (κ1) is 34.1. The second-order valence-electron chi connectivity index (χ2n) is 12.3. The standard InChI is InChI=1S/C26H31O2S.C10H16O4S/c1-3-5-20-27-22-12-16-25(17-13-22)29(24-10-8-7-9-11-24)26-18-14-23(15-19-26)28-21-6-4-2;1-9(2)7-3-4-10(9,8(11)5-7)6-15(12,13)14/h7-19H,3-6,20-21H2,1-2H3;7H,3-6H2,1-2H3,(H,12,13,14)/q+1;/p-1. The molecule has 0 aromatic heterocycles. The van der Waals surface area contributed by atoms with Gasteiger partial charge in [0.25, 0.3) is 0 Å². The van der Waals surface area contributed by atoms with Crippen LogP contribution in [0.4, 0.5) is 0 Å². The summed E-state index contributed by atoms with van der Waals surface area (Å²) < 4.78 is 44.4. The minimum Gasteiger partial charge on any atom is -0.748 e. The predicted molar refractivity (Wildman–Crippen MR) is 175 cm³/mol. The van der Waals surface area contributed by atoms with Gasteiger partial charge in [0, 0.05) is 11.8 Å². The van der Waals surface area contributed by atoms with Gasteiger partial charge >= 0.3 is 0 Å². The molecule has 0 aliphatic heterocycles. The van der Waals surface area contributed by atoms with E-state index in [1.54, 1.807) is 0 Å². The third-order valence-corrected chi connectivity index (χ3v) is 12.3. The van der Waals surface area contributed by atoms with Crippen LogP contribution >= 0.6 is 0 Å². The summed E-state index contributed by atoms with van der Waals surface area (Å²) in [5, 5.41) is 0. The van der Waals surface area contributed by atoms with Gasteiger partial charge in [-0.05, 0) is 97.7 Å². The van der Waals surface area contributed by atoms with Crippen molar-refractivity contribution in [2.45, 2.75) is 87.3 Å². The summed E-state index contributed by atoms with van der Waals surface area (Å²) in [5.41, 5.74) is -1.22. The van der Waals surface area contributed by atoms with Gasteiger partial charge in [-0.2, -0.15) is 0 Å². The third-order valence-electron chi connectivity index (χ3n) is 9.19. The van der Waals surface area contributed by atoms with Crippen molar-refractivity contribution in [1.29, 1.82) is 0 Å². The number of benzene rings is 3. The Labute approximate surface area is 266 Å². The van der Waals surface area contributed by atoms with Gasteiger partial charge < -0.3 is 14.0 Å². The fourth-order valence-corrected chi connectivity index (χ4v) is 9.73. The molecule has 2 fully saturated rings. The Hall–Kier alpha value is -2.81. The first-order valence-electron chi connectivity index (χ1n) is 15.7. The summed E-state index contributed by atoms with van der Waals surface area (Å²) in [7, 11) is -4.48. The highest BCUT2D eigenvalue weighted by atomic mass is 32.2. The molecule has 2 unspecified atom stereocenters. The lowest BCUT2D eigenvalue weighted by Crippen LogP contribution is -2.42. The van der Waals surface area contributed by atoms with Crippen molar-refractivity contribution in [3.05, 3.63) is 78.9 Å². The molecule has 3 aromatic carbocycles. The van der Waals surface area contributed by atoms with Gasteiger partial charge in [-0.25, -0.2) is 8.42 Å². The van der Waals surface area contributed by atoms with Crippen molar-refractivity contribution in [2.75, 3.05) is 19.0 Å². The number of carbonyl (C=O) groups excluding carboxylic acids is 1. The Morgan fingerprint density at radius 1 is 0.795 bits per heavy atom. The molecular formula is C36H46O6S2. The lowest BCUT2D eigenvalue weighted by molar-refractivity contribution is -0.128. The summed E-state index contributed by atoms with van der Waals surface area (Å²) >= 11 is 0. The highest BCUT2D eigenvalue weighted by molar-refractivity contribution is 7.97. The summed E-state index contributed by atoms with van der Waals surface area (Å²) in [6.45, 7) is 9.75. The molecule has 0 N–H and O–H groups in total. The SMILES string of the molecule is CC1(C)C2CCC1(CS(=O)(=O)[O-])C(=O)C2.CCCCOc1ccc([S+](c2ccccc2)c2ccc(OCCCC)cc2)cc1. The maximum absolute atomic E-state index is 11.8. The molecule has 2 atom stereocenters. The Morgan fingerprint density at radius 2 is 1.27 bits per heavy atom. The summed E-state index contributed by atoms with van der Waals surface area (Å²) in [6.07, 6.45) is 6.34. The normalized spacial score (nSPS) is 20.3. The number of unbranched alkanes of at least 4 members (excludes halogenated alkanes) is 2. The molecule has 44 heavy (non-hydrogen) atoms. The molecule has 2 bridgehead atoms. The maximum atomic E-state index is 11.8. The molecule has 2 aliphatic carbocycles. The monoisotopic (exact) mass is 638 g/mol. The van der Waals surface area contributed by atoms with E-state index in [0.717, 1.165) is 56.8 Å². The molecule has 0 radical (unpaired) electrons. The zero-order chi connectivity index (χ0) is 31.8. The lowest BCUT2D eigenvalue weighted by atomic mass is 9.70. The van der Waals surface area contributed by atoms with Crippen LogP contribution in [-0.2, 0) is 25.8 Å². The first-order valence-corrected chi connectivity index (χ1v) is 18.5. The third kappa shape index (κ3) is 8.06. The van der Waals surface area contributed by atoms with Crippen molar-refractivity contribution in [3.8, 4) is 11.5 Å². The first-order chi connectivity index (χ1) is 21.0. The smallest absolute Gasteiger partial charge is 0.166 e. The maximum Gasteiger partial charge on any atom is 0.166 e. The molecule has 238 valence electrons. The number of Topliss-reactive ketones (excluding diaryl/α,β-unsaturated/α-hetero) is 1. The van der Waals surface area contributed by atoms with Crippen molar-refractivity contribution >= 4 is 26.8 Å². The van der Waals surface area contributed by atoms with Crippen LogP contribution in [0.1, 0.15) is 72.6 Å². The zero-order valence-corrected chi connectivity index (χ0v) is 28.1. The summed E-state index contributed by atoms with van der Waals surface area (Å²) in [5.74, 6) is 1.61. The van der Waals surface area contributed by atoms with Crippen LogP contribution in [0.2, 0.25) is 0 Å². The molecule has 2 aliphatic rings. The number of hydrogen-bond acceptors (Lipinski definition) is 6. The van der Waals surface area contributed by atoms with Crippen LogP contribution in [0.25, 0.3) is 0 Å². The van der Waals surface area contributed by atoms with E-state index in [4.69, 9.17) is 9.47 Å². The molecule has 2 saturated carbocycles. The van der Waals surface area contributed by atoms with Gasteiger partial charge in [0.2, 0.25) is 0 Å². The summed E-state index contributed by atoms with van der Waals surface area (Å²) in [4.78, 5) is 15.7. The number of ketones is 1. The van der Waals surface area contributed by atoms with Crippen LogP contribution in [0.3, 0.4) is 0 Å². The van der Waals surface area contributed by atoms with Gasteiger partial charge in [-0.3, -0.25) is 4.79 Å². The highest BCUT2D eigenvalue weighted by Crippen LogP contribution is 2.64. The van der Waals surface area contributed by atoms with E-state index in [2.05, 4.69) is 92.7 Å². The van der Waals surface area contributed by atoms with Crippen molar-refractivity contribution in [2.24, 2.45) is 16.7 Å². The van der Waals surface area contributed by atoms with Gasteiger partial charge in [0.05, 0.1) is 40.0 Å². The van der Waals surface area contributed by atoms with Crippen LogP contribution in [-0.4, -0.2) is 37.7 Å². The molecule has 6 nitrogen and oxygen atoms in total. The van der Waals surface area contributed by atoms with Gasteiger partial charge in [-0.1, -0.05) is 58.7 Å². The molecule has 0 heterocycles. The largest absolute Gasteiger partial charge is 0.748 e. The fourth-order valence-electron chi connectivity index (χ4n) is 6.39. The zero-order valence-electron chi connectivity index (χ0n) is 26.4. The number of fused-ring (bicyclic) bond motifs is 2. The molecule has 3 aromatic rings. The molecule has 0 spiro atoms. The van der Waals surface area contributed by atoms with E-state index in [1.807, 2.05) is 13.8 Å². The number of carbonyl (C=O) groups is 1. The molecule has 8 heteroatoms. The minimum atomic E-state index is -4.33. The quantitative estimate of drug-likeness (QED) is 0.107. The average Bonchev–Trinajstić information content (AvgIpc) is 3.34. The van der Waals surface area contributed by atoms with Crippen molar-refractivity contribution in [3.63, 3.8) is 0 Å². The van der Waals surface area contributed by atoms with Gasteiger partial charge in [-0.15, -0.1) is 0 Å². The van der Waals surface area contributed by atoms with E-state index in [0.29, 0.717) is 12.8 Å². The van der Waals surface area contributed by atoms with Gasteiger partial charge in [0.1, 0.15) is 17.3 Å². The molecular weight excluding hydrogens is 593 g/mol. The highest BCUT2D eigenvalue weighted by Gasteiger charge is 2.64. The minimum absolute atomic E-state index is 0.0248. The molecule has 0 saturated heterocycles. The van der Waals surface area contributed by atoms with Crippen LogP contribution < -0.4 is 9.47 Å². The summed E-state index contributed by atoms with van der Waals surface area (Å²) in [6, 6.07) is 27.9. The second kappa shape index (κ2) is 15.0. The Kier molecular flexibility index (Phi) is 11.6. The van der Waals surface area contributed by atoms with Crippen LogP contribution in [0.5, 0.6) is 11.5 Å². The topological polar surface area (TPSA) is 92.7 Å². The van der Waals surface area contributed by atoms with Gasteiger partial charge in [0.15, 0.2) is 14.7 Å². The number of hydrogen-bond donors (Lipinski definition) is 0. The van der Waals surface area contributed by atoms with Crippen LogP contribution in [0, 0.1) is 16.7 Å². The van der Waals surface area contributed by atoms with E-state index in [-0.39, 0.29) is 28.0 Å². The van der Waals surface area contributed by atoms with Crippen LogP contribution in [0.15, 0.2) is 93.5 Å². The predicted octanol–water partition coefficient (Wildman–Crippen LogP) is 8.07. The Morgan fingerprint density at radius 3 is 1.66 bits per heavy atom. The molecule has 5 rings (SSSR count). The molecule has 0 amide bonds. The fraction of sp³-hybridized carbons (Fsp3) is 0.472. The Balaban J connectivity index is 0.000000246. The van der Waals surface area contributed by atoms with E-state index >= 15 is 0 Å². The van der Waals surface area contributed by atoms with Crippen molar-refractivity contribution < 1.29 is 27.2 Å². The Bertz CT molecular complexity index is 1400. The average molecular weight is 639 g/mol. The number of rotatable bonds is 13. The van der Waals surface area contributed by atoms with Crippen molar-refractivity contribution in [1.82, 2.24) is 0 Å². The van der Waals surface area contributed by atoms with E-state index < -0.39 is 21.3 Å². The number of ether oxygens (including phenoxy) is 2. The lowest BCUT2D eigenvalue weighted by Gasteiger charge is -2.37.